The number of aliphatic carboxylic acids is 2. The number of aliphatic hydroxyl groups is 1. The normalized spacial score (nSPS) is 18.2. The summed E-state index contributed by atoms with van der Waals surface area (Å²) < 4.78 is 12.4. The Balaban J connectivity index is 1.67. The molecule has 2 heterocycles. The van der Waals surface area contributed by atoms with Gasteiger partial charge in [0, 0.05) is 57.9 Å². The van der Waals surface area contributed by atoms with Gasteiger partial charge in [-0.15, -0.1) is 8.93 Å². The van der Waals surface area contributed by atoms with Crippen LogP contribution in [0.1, 0.15) is 76.9 Å². The van der Waals surface area contributed by atoms with Gasteiger partial charge in [-0.25, -0.2) is 4.79 Å². The lowest BCUT2D eigenvalue weighted by molar-refractivity contribution is -0.141. The van der Waals surface area contributed by atoms with Gasteiger partial charge in [0.05, 0.1) is 44.2 Å². The number of carboxylic acids is 2. The molecule has 310 valence electrons. The van der Waals surface area contributed by atoms with Crippen LogP contribution in [0.4, 0.5) is 5.82 Å². The van der Waals surface area contributed by atoms with Crippen molar-refractivity contribution in [3.05, 3.63) is 33.2 Å². The number of hydrogen-bond acceptors (Lipinski definition) is 14. The highest BCUT2D eigenvalue weighted by Gasteiger charge is 2.35. The first-order valence-corrected chi connectivity index (χ1v) is 22.3. The van der Waals surface area contributed by atoms with Crippen molar-refractivity contribution in [3.8, 4) is 0 Å². The van der Waals surface area contributed by atoms with Gasteiger partial charge in [0.2, 0.25) is 17.7 Å². The van der Waals surface area contributed by atoms with Gasteiger partial charge in [0.25, 0.3) is 0 Å². The van der Waals surface area contributed by atoms with Crippen molar-refractivity contribution >= 4 is 72.9 Å². The van der Waals surface area contributed by atoms with Crippen molar-refractivity contribution in [1.29, 1.82) is 0 Å². The molecule has 1 saturated heterocycles. The fraction of sp³-hybridized carbons (Fsp3) is 0.645. The molecule has 2 rings (SSSR count). The van der Waals surface area contributed by atoms with Crippen LogP contribution >= 0.6 is 25.4 Å². The van der Waals surface area contributed by atoms with E-state index in [-0.39, 0.29) is 84.0 Å². The van der Waals surface area contributed by atoms with Crippen LogP contribution in [0.5, 0.6) is 0 Å². The number of ketones is 1. The summed E-state index contributed by atoms with van der Waals surface area (Å²) in [6, 6.07) is -1.96. The zero-order valence-electron chi connectivity index (χ0n) is 30.3. The number of aliphatic hydroxyl groups excluding tert-OH is 1. The molecule has 0 spiro atoms. The first kappa shape index (κ1) is 48.2. The van der Waals surface area contributed by atoms with Crippen LogP contribution in [-0.2, 0) is 42.8 Å². The number of nitrogens with zero attached hydrogens (tertiary/aromatic N) is 5. The Bertz CT molecular complexity index is 1620. The van der Waals surface area contributed by atoms with E-state index in [0.717, 1.165) is 0 Å². The molecule has 56 heavy (non-hydrogen) atoms. The lowest BCUT2D eigenvalue weighted by Gasteiger charge is -2.18. The zero-order valence-corrected chi connectivity index (χ0v) is 33.5. The highest BCUT2D eigenvalue weighted by Crippen LogP contribution is 2.44. The zero-order chi connectivity index (χ0) is 41.5. The molecular formula is C31H48N9O13P3. The first-order chi connectivity index (χ1) is 26.8. The maximum Gasteiger partial charge on any atom is 0.351 e. The highest BCUT2D eigenvalue weighted by molar-refractivity contribution is 8.37. The summed E-state index contributed by atoms with van der Waals surface area (Å²) in [6.45, 7) is 0.176. The van der Waals surface area contributed by atoms with Gasteiger partial charge in [-0.2, -0.15) is 4.98 Å². The van der Waals surface area contributed by atoms with Gasteiger partial charge in [0.1, 0.15) is 30.2 Å². The van der Waals surface area contributed by atoms with E-state index < -0.39 is 78.8 Å². The van der Waals surface area contributed by atoms with Gasteiger partial charge in [0.15, 0.2) is 0 Å². The molecule has 0 radical (unpaired) electrons. The number of unbranched alkanes of at least 4 members (excludes halogenated alkanes) is 2. The Kier molecular flexibility index (Phi) is 23.0. The number of carbonyl (C=O) groups excluding carboxylic acids is 5. The number of amides is 3. The van der Waals surface area contributed by atoms with Crippen molar-refractivity contribution in [2.45, 2.75) is 107 Å². The summed E-state index contributed by atoms with van der Waals surface area (Å²) in [7, 11) is 3.38. The van der Waals surface area contributed by atoms with E-state index in [9.17, 15) is 43.5 Å². The molecule has 3 amide bonds. The maximum absolute atomic E-state index is 12.6. The number of Topliss-reactive ketones (excluding diaryl/α,β-unsaturated/α-hetero) is 1. The topological polar surface area (TPSA) is 330 Å². The van der Waals surface area contributed by atoms with E-state index in [0.29, 0.717) is 33.8 Å². The fourth-order valence-corrected chi connectivity index (χ4v) is 6.92. The minimum absolute atomic E-state index is 0.00731. The third-order valence-electron chi connectivity index (χ3n) is 8.20. The number of hydrogen-bond donors (Lipinski definition) is 7. The molecule has 1 fully saturated rings. The third-order valence-corrected chi connectivity index (χ3v) is 10.5. The third kappa shape index (κ3) is 19.2. The average molecular weight is 848 g/mol. The smallest absolute Gasteiger partial charge is 0.351 e. The number of carboxylic acid groups (broad SMARTS) is 2. The van der Waals surface area contributed by atoms with Gasteiger partial charge >= 0.3 is 17.6 Å². The molecular weight excluding hydrogens is 799 g/mol. The SMILES string of the molecule is [N-]=[N+]=NC(CCC(=O)NCCCCCC(=O)CN[C@@H](CC(=O)O)C(=O)N[C@H](C=O)CC(=O)O)CCC(=O)Nc1ccn([C@H]2C[C@@H](O)[C@@H](COPPP)O2)c(=O)n1. The van der Waals surface area contributed by atoms with Gasteiger partial charge in [-0.3, -0.25) is 38.7 Å². The largest absolute Gasteiger partial charge is 0.481 e. The Morgan fingerprint density at radius 1 is 1.11 bits per heavy atom. The molecule has 0 bridgehead atoms. The van der Waals surface area contributed by atoms with Crippen molar-refractivity contribution in [3.63, 3.8) is 0 Å². The van der Waals surface area contributed by atoms with Crippen LogP contribution in [0.25, 0.3) is 10.4 Å². The van der Waals surface area contributed by atoms with Gasteiger partial charge in [-0.1, -0.05) is 19.5 Å². The number of aromatic nitrogens is 2. The number of azide groups is 1. The predicted octanol–water partition coefficient (Wildman–Crippen LogP) is 0.900. The number of ether oxygens (including phenoxy) is 1. The van der Waals surface area contributed by atoms with Crippen molar-refractivity contribution < 1.29 is 58.1 Å². The van der Waals surface area contributed by atoms with E-state index in [2.05, 4.69) is 45.2 Å². The van der Waals surface area contributed by atoms with Crippen LogP contribution in [0.15, 0.2) is 22.2 Å². The number of rotatable bonds is 29. The van der Waals surface area contributed by atoms with E-state index in [1.807, 2.05) is 0 Å². The van der Waals surface area contributed by atoms with Gasteiger partial charge in [-0.05, 0) is 37.3 Å². The molecule has 1 aliphatic heterocycles. The average Bonchev–Trinajstić information content (AvgIpc) is 3.51. The van der Waals surface area contributed by atoms with Crippen LogP contribution in [0.3, 0.4) is 0 Å². The van der Waals surface area contributed by atoms with E-state index >= 15 is 0 Å². The second-order valence-electron chi connectivity index (χ2n) is 12.6. The van der Waals surface area contributed by atoms with Crippen molar-refractivity contribution in [1.82, 2.24) is 25.5 Å². The second-order valence-corrected chi connectivity index (χ2v) is 17.4. The monoisotopic (exact) mass is 847 g/mol. The second kappa shape index (κ2) is 26.8. The lowest BCUT2D eigenvalue weighted by atomic mass is 10.1. The van der Waals surface area contributed by atoms with Crippen molar-refractivity contribution in [2.24, 2.45) is 5.11 Å². The Morgan fingerprint density at radius 2 is 1.82 bits per heavy atom. The molecule has 25 heteroatoms. The summed E-state index contributed by atoms with van der Waals surface area (Å²) in [5, 5.41) is 41.8. The molecule has 0 aromatic carbocycles. The standard InChI is InChI=1S/C31H48N9O13P3/c32-39-38-18(6-8-26(45)36-24-9-11-40(31(51)37-24)27-14-22(43)23(53-27)17-52-55-56-54)5-7-25(44)33-10-3-1-2-4-20(42)15-34-21(13-29(48)49)30(50)35-19(16-41)12-28(46)47/h9,11,16,18-19,21-23,27,34,43,55-56H,1-8,10,12-15,17,54H2,(H,33,44)(H,35,50)(H,46,47)(H,48,49)(H,36,37,45,51)/t18?,19-,21-,22+,23+,27+/m0/s1. The van der Waals surface area contributed by atoms with E-state index in [4.69, 9.17) is 25.0 Å². The molecule has 9 atom stereocenters. The Hall–Kier alpha value is -3.99. The summed E-state index contributed by atoms with van der Waals surface area (Å²) in [4.78, 5) is 102. The number of aldehydes is 1. The molecule has 0 aliphatic carbocycles. The quantitative estimate of drug-likeness (QED) is 0.0147. The molecule has 7 N–H and O–H groups in total. The highest BCUT2D eigenvalue weighted by atomic mass is 32.4. The first-order valence-electron chi connectivity index (χ1n) is 17.6. The van der Waals surface area contributed by atoms with E-state index in [1.54, 1.807) is 0 Å². The number of nitrogens with one attached hydrogen (secondary N) is 4. The molecule has 4 unspecified atom stereocenters. The summed E-state index contributed by atoms with van der Waals surface area (Å²) in [6.07, 6.45) is 0.173. The van der Waals surface area contributed by atoms with Crippen LogP contribution < -0.4 is 27.0 Å². The minimum atomic E-state index is -1.37. The van der Waals surface area contributed by atoms with Crippen LogP contribution in [0, 0.1) is 0 Å². The summed E-state index contributed by atoms with van der Waals surface area (Å²) >= 11 is 0. The molecule has 1 aromatic rings. The van der Waals surface area contributed by atoms with E-state index in [1.165, 1.54) is 16.8 Å². The van der Waals surface area contributed by atoms with Crippen LogP contribution in [-0.4, -0.2) is 117 Å². The summed E-state index contributed by atoms with van der Waals surface area (Å²) in [5.74, 6) is -4.71. The van der Waals surface area contributed by atoms with Crippen LogP contribution in [0.2, 0.25) is 0 Å². The predicted molar refractivity (Wildman–Crippen MR) is 206 cm³/mol. The maximum atomic E-state index is 12.6. The number of anilines is 1. The molecule has 1 aromatic heterocycles. The minimum Gasteiger partial charge on any atom is -0.481 e. The van der Waals surface area contributed by atoms with Gasteiger partial charge < -0.3 is 45.3 Å². The molecule has 22 nitrogen and oxygen atoms in total. The summed E-state index contributed by atoms with van der Waals surface area (Å²) in [5.41, 5.74) is 8.28. The fourth-order valence-electron chi connectivity index (χ4n) is 5.34. The Labute approximate surface area is 326 Å². The molecule has 1 aliphatic rings. The molecule has 0 saturated carbocycles. The van der Waals surface area contributed by atoms with Crippen molar-refractivity contribution in [2.75, 3.05) is 25.0 Å². The lowest BCUT2D eigenvalue weighted by Crippen LogP contribution is -2.50. The number of carbonyl (C=O) groups is 7. The Morgan fingerprint density at radius 3 is 2.46 bits per heavy atom.